The van der Waals surface area contributed by atoms with E-state index >= 15 is 0 Å². The molecule has 2 aromatic carbocycles. The highest BCUT2D eigenvalue weighted by molar-refractivity contribution is 5.73. The van der Waals surface area contributed by atoms with Crippen molar-refractivity contribution in [2.24, 2.45) is 7.05 Å². The first-order valence-corrected chi connectivity index (χ1v) is 20.8. The highest BCUT2D eigenvalue weighted by Crippen LogP contribution is 2.45. The van der Waals surface area contributed by atoms with Crippen molar-refractivity contribution in [3.05, 3.63) is 67.3 Å². The lowest BCUT2D eigenvalue weighted by molar-refractivity contribution is -0.744. The first kappa shape index (κ1) is 40.5. The van der Waals surface area contributed by atoms with Gasteiger partial charge in [-0.25, -0.2) is 4.57 Å². The Hall–Kier alpha value is -3.28. The van der Waals surface area contributed by atoms with E-state index in [0.717, 1.165) is 83.1 Å². The number of aromatic nitrogens is 6. The number of hydrogen-bond acceptors (Lipinski definition) is 2. The van der Waals surface area contributed by atoms with Gasteiger partial charge in [0.05, 0.1) is 17.7 Å². The molecular weight excluding hydrogens is 625 g/mol. The third-order valence-electron chi connectivity index (χ3n) is 12.0. The van der Waals surface area contributed by atoms with Gasteiger partial charge in [-0.3, -0.25) is 0 Å². The number of rotatable bonds is 13. The van der Waals surface area contributed by atoms with Crippen LogP contribution in [-0.2, 0) is 89.9 Å². The van der Waals surface area contributed by atoms with E-state index in [4.69, 9.17) is 10.1 Å². The molecule has 0 atom stereocenters. The van der Waals surface area contributed by atoms with Crippen molar-refractivity contribution in [2.45, 2.75) is 187 Å². The molecule has 0 radical (unpaired) electrons. The smallest absolute Gasteiger partial charge is 0.218 e. The van der Waals surface area contributed by atoms with Gasteiger partial charge in [-0.1, -0.05) is 69.2 Å². The monoisotopic (exact) mass is 697 g/mol. The molecule has 6 heteroatoms. The Balaban J connectivity index is 0.000000229. The minimum absolute atomic E-state index is 0.0329. The maximum absolute atomic E-state index is 5.11. The van der Waals surface area contributed by atoms with Gasteiger partial charge < -0.3 is 0 Å². The number of hydrogen-bond donors (Lipinski definition) is 0. The normalized spacial score (nSPS) is 13.0. The van der Waals surface area contributed by atoms with Crippen LogP contribution in [0.1, 0.15) is 164 Å². The van der Waals surface area contributed by atoms with Crippen LogP contribution in [-0.4, -0.2) is 19.4 Å². The van der Waals surface area contributed by atoms with Crippen LogP contribution in [0.2, 0.25) is 0 Å². The molecule has 2 aromatic heterocycles. The molecule has 0 amide bonds. The van der Waals surface area contributed by atoms with Gasteiger partial charge in [-0.15, -0.1) is 4.68 Å². The minimum Gasteiger partial charge on any atom is -0.218 e. The molecule has 51 heavy (non-hydrogen) atoms. The molecule has 6 nitrogen and oxygen atoms in total. The first-order valence-electron chi connectivity index (χ1n) is 20.8. The van der Waals surface area contributed by atoms with E-state index in [-0.39, 0.29) is 5.54 Å². The van der Waals surface area contributed by atoms with Crippen molar-refractivity contribution < 1.29 is 9.25 Å². The van der Waals surface area contributed by atoms with Crippen LogP contribution in [0.5, 0.6) is 0 Å². The Kier molecular flexibility index (Phi) is 13.2. The van der Waals surface area contributed by atoms with Crippen LogP contribution in [0.15, 0.2) is 0 Å². The molecule has 0 bridgehead atoms. The van der Waals surface area contributed by atoms with Crippen molar-refractivity contribution in [1.29, 1.82) is 0 Å². The van der Waals surface area contributed by atoms with Crippen LogP contribution in [0, 0.1) is 6.92 Å². The average molecular weight is 697 g/mol. The van der Waals surface area contributed by atoms with Gasteiger partial charge in [-0.2, -0.15) is 9.36 Å². The van der Waals surface area contributed by atoms with E-state index < -0.39 is 0 Å². The second kappa shape index (κ2) is 16.6. The molecule has 0 unspecified atom stereocenters. The summed E-state index contributed by atoms with van der Waals surface area (Å²) in [5, 5.41) is 5.11. The average Bonchev–Trinajstić information content (AvgIpc) is 3.76. The van der Waals surface area contributed by atoms with Crippen LogP contribution in [0.3, 0.4) is 0 Å². The van der Waals surface area contributed by atoms with Crippen molar-refractivity contribution in [2.75, 3.05) is 0 Å². The topological polar surface area (TPSA) is 43.4 Å². The van der Waals surface area contributed by atoms with E-state index in [2.05, 4.69) is 130 Å². The van der Waals surface area contributed by atoms with Gasteiger partial charge in [0.2, 0.25) is 5.82 Å². The summed E-state index contributed by atoms with van der Waals surface area (Å²) in [6.45, 7) is 36.3. The summed E-state index contributed by atoms with van der Waals surface area (Å²) in [6.07, 6.45) is 10.8. The van der Waals surface area contributed by atoms with Crippen LogP contribution >= 0.6 is 0 Å². The number of nitrogens with zero attached hydrogens (tertiary/aromatic N) is 6. The second-order valence-corrected chi connectivity index (χ2v) is 14.7. The zero-order chi connectivity index (χ0) is 37.9. The highest BCUT2D eigenvalue weighted by Gasteiger charge is 2.48. The summed E-state index contributed by atoms with van der Waals surface area (Å²) in [6, 6.07) is 0. The molecule has 0 N–H and O–H groups in total. The van der Waals surface area contributed by atoms with Crippen molar-refractivity contribution in [3.63, 3.8) is 0 Å². The van der Waals surface area contributed by atoms with E-state index in [0.29, 0.717) is 0 Å². The zero-order valence-corrected chi connectivity index (χ0v) is 35.7. The van der Waals surface area contributed by atoms with Gasteiger partial charge in [-0.05, 0) is 141 Å². The Morgan fingerprint density at radius 1 is 0.529 bits per heavy atom. The predicted octanol–water partition coefficient (Wildman–Crippen LogP) is 9.28. The molecule has 0 saturated carbocycles. The lowest BCUT2D eigenvalue weighted by Gasteiger charge is -2.27. The first-order chi connectivity index (χ1) is 24.4. The lowest BCUT2D eigenvalue weighted by Crippen LogP contribution is -2.53. The molecule has 5 rings (SSSR count). The van der Waals surface area contributed by atoms with Crippen LogP contribution < -0.4 is 9.25 Å². The Morgan fingerprint density at radius 2 is 1.00 bits per heavy atom. The molecule has 1 aliphatic heterocycles. The molecule has 0 saturated heterocycles. The fourth-order valence-corrected chi connectivity index (χ4v) is 9.99. The third kappa shape index (κ3) is 6.41. The number of benzene rings is 2. The standard InChI is InChI=1S/C23H36N3.C22H36N3/c1-9-15-16(10-2)18(12-4)21-20(17(15)11-3)22-24-25(14-6)19(13-5)26(22)23(21,7)8;1-9-16-15(7)21(19(12-4)18(11-3)17(16)10-2)22-23-20(13-5)25(14-6)24(22)8/h9-14H2,1-8H3;9-14H2,1-8H3/q2*+1. The zero-order valence-electron chi connectivity index (χ0n) is 35.7. The Morgan fingerprint density at radius 3 is 1.41 bits per heavy atom. The van der Waals surface area contributed by atoms with Crippen molar-refractivity contribution in [1.82, 2.24) is 19.4 Å². The van der Waals surface area contributed by atoms with Gasteiger partial charge >= 0.3 is 11.6 Å². The molecule has 280 valence electrons. The second-order valence-electron chi connectivity index (χ2n) is 14.7. The lowest BCUT2D eigenvalue weighted by atomic mass is 9.78. The van der Waals surface area contributed by atoms with E-state index in [1.165, 1.54) is 45.3 Å². The Labute approximate surface area is 311 Å². The number of aryl methyl sites for hydroxylation is 2. The van der Waals surface area contributed by atoms with Crippen molar-refractivity contribution >= 4 is 0 Å². The Bertz CT molecular complexity index is 1860. The summed E-state index contributed by atoms with van der Waals surface area (Å²) in [5.74, 6) is 4.87. The quantitative estimate of drug-likeness (QED) is 0.131. The maximum atomic E-state index is 5.11. The molecule has 0 spiro atoms. The van der Waals surface area contributed by atoms with E-state index in [1.54, 1.807) is 38.9 Å². The van der Waals surface area contributed by atoms with E-state index in [9.17, 15) is 0 Å². The van der Waals surface area contributed by atoms with Gasteiger partial charge in [0.15, 0.2) is 0 Å². The minimum atomic E-state index is -0.0329. The third-order valence-corrected chi connectivity index (χ3v) is 12.0. The molecular formula is C45H72N6+2. The summed E-state index contributed by atoms with van der Waals surface area (Å²) < 4.78 is 9.33. The maximum Gasteiger partial charge on any atom is 0.351 e. The van der Waals surface area contributed by atoms with Gasteiger partial charge in [0.25, 0.3) is 5.82 Å². The van der Waals surface area contributed by atoms with Crippen molar-refractivity contribution in [3.8, 4) is 22.8 Å². The fourth-order valence-electron chi connectivity index (χ4n) is 9.99. The SMILES string of the molecule is CCc1c(C)c(-c2nc(CC)n(CC)[n+]2C)c(CC)c(CC)c1CC.CCc1c(CC)c(CC)c2c(c1CC)-c1nn(CC)c(CC)[n+]1C2(C)C. The number of fused-ring (bicyclic) bond motifs is 3. The van der Waals surface area contributed by atoms with Crippen LogP contribution in [0.4, 0.5) is 0 Å². The molecule has 4 aromatic rings. The highest BCUT2D eigenvalue weighted by atomic mass is 15.4. The predicted molar refractivity (Wildman–Crippen MR) is 215 cm³/mol. The van der Waals surface area contributed by atoms with Gasteiger partial charge in [0.1, 0.15) is 19.1 Å². The summed E-state index contributed by atoms with van der Waals surface area (Å²) in [7, 11) is 2.16. The largest absolute Gasteiger partial charge is 0.351 e. The molecule has 3 heterocycles. The van der Waals surface area contributed by atoms with Crippen LogP contribution in [0.25, 0.3) is 22.8 Å². The molecule has 0 fully saturated rings. The summed E-state index contributed by atoms with van der Waals surface area (Å²) >= 11 is 0. The summed E-state index contributed by atoms with van der Waals surface area (Å²) in [5.41, 5.74) is 18.3. The van der Waals surface area contributed by atoms with Gasteiger partial charge in [0, 0.05) is 23.5 Å². The molecule has 1 aliphatic rings. The van der Waals surface area contributed by atoms with E-state index in [1.807, 2.05) is 0 Å². The fraction of sp³-hybridized carbons (Fsp3) is 0.644. The summed E-state index contributed by atoms with van der Waals surface area (Å²) in [4.78, 5) is 5.07. The molecule has 0 aliphatic carbocycles.